The van der Waals surface area contributed by atoms with Gasteiger partial charge in [-0.25, -0.2) is 0 Å². The molecule has 1 aliphatic rings. The highest BCUT2D eigenvalue weighted by Gasteiger charge is 2.44. The molecule has 0 fully saturated rings. The molecule has 8 heteroatoms. The van der Waals surface area contributed by atoms with Gasteiger partial charge >= 0.3 is 23.9 Å². The summed E-state index contributed by atoms with van der Waals surface area (Å²) in [5.74, 6) is -2.51. The molecule has 0 N–H and O–H groups in total. The molecule has 0 saturated heterocycles. The van der Waals surface area contributed by atoms with Crippen molar-refractivity contribution in [3.05, 3.63) is 12.2 Å². The van der Waals surface area contributed by atoms with Gasteiger partial charge in [0, 0.05) is 27.7 Å². The summed E-state index contributed by atoms with van der Waals surface area (Å²) in [6, 6.07) is 0. The first-order valence-electron chi connectivity index (χ1n) is 6.58. The summed E-state index contributed by atoms with van der Waals surface area (Å²) in [5, 5.41) is 0. The fourth-order valence-corrected chi connectivity index (χ4v) is 2.06. The number of hydrogen-bond donors (Lipinski definition) is 0. The molecule has 0 amide bonds. The highest BCUT2D eigenvalue weighted by atomic mass is 16.6. The number of carbonyl (C=O) groups is 4. The van der Waals surface area contributed by atoms with Crippen molar-refractivity contribution in [2.24, 2.45) is 0 Å². The fourth-order valence-electron chi connectivity index (χ4n) is 2.06. The summed E-state index contributed by atoms with van der Waals surface area (Å²) in [6.45, 7) is 4.71. The van der Waals surface area contributed by atoms with Crippen molar-refractivity contribution in [1.82, 2.24) is 0 Å². The van der Waals surface area contributed by atoms with Crippen LogP contribution in [-0.4, -0.2) is 48.3 Å². The third kappa shape index (κ3) is 5.19. The van der Waals surface area contributed by atoms with Gasteiger partial charge in [-0.15, -0.1) is 0 Å². The van der Waals surface area contributed by atoms with Crippen molar-refractivity contribution in [2.45, 2.75) is 52.1 Å². The Bertz CT molecular complexity index is 451. The number of rotatable bonds is 4. The van der Waals surface area contributed by atoms with Crippen molar-refractivity contribution >= 4 is 23.9 Å². The van der Waals surface area contributed by atoms with Crippen LogP contribution in [0, 0.1) is 0 Å². The molecule has 0 spiro atoms. The zero-order chi connectivity index (χ0) is 16.9. The van der Waals surface area contributed by atoms with Crippen molar-refractivity contribution in [3.63, 3.8) is 0 Å². The molecule has 122 valence electrons. The Balaban J connectivity index is 3.11. The Morgan fingerprint density at radius 1 is 0.591 bits per heavy atom. The van der Waals surface area contributed by atoms with E-state index in [2.05, 4.69) is 0 Å². The molecule has 0 bridgehead atoms. The molecule has 4 atom stereocenters. The summed E-state index contributed by atoms with van der Waals surface area (Å²) in [6.07, 6.45) is -1.28. The van der Waals surface area contributed by atoms with Crippen LogP contribution in [0.5, 0.6) is 0 Å². The van der Waals surface area contributed by atoms with Crippen LogP contribution in [0.1, 0.15) is 27.7 Å². The van der Waals surface area contributed by atoms with Crippen molar-refractivity contribution in [1.29, 1.82) is 0 Å². The molecule has 0 aromatic heterocycles. The van der Waals surface area contributed by atoms with E-state index in [4.69, 9.17) is 18.9 Å². The summed E-state index contributed by atoms with van der Waals surface area (Å²) in [7, 11) is 0. The molecule has 0 radical (unpaired) electrons. The second-order valence-corrected chi connectivity index (χ2v) is 4.68. The summed E-state index contributed by atoms with van der Waals surface area (Å²) < 4.78 is 20.3. The van der Waals surface area contributed by atoms with Crippen LogP contribution < -0.4 is 0 Å². The van der Waals surface area contributed by atoms with Crippen LogP contribution in [0.4, 0.5) is 0 Å². The highest BCUT2D eigenvalue weighted by molar-refractivity contribution is 5.69. The molecule has 0 aliphatic heterocycles. The van der Waals surface area contributed by atoms with Gasteiger partial charge in [-0.3, -0.25) is 19.2 Å². The largest absolute Gasteiger partial charge is 0.454 e. The van der Waals surface area contributed by atoms with E-state index in [0.717, 1.165) is 13.8 Å². The molecule has 1 rings (SSSR count). The minimum atomic E-state index is -1.11. The van der Waals surface area contributed by atoms with Gasteiger partial charge in [-0.1, -0.05) is 0 Å². The lowest BCUT2D eigenvalue weighted by Crippen LogP contribution is -2.53. The van der Waals surface area contributed by atoms with Crippen LogP contribution in [0.25, 0.3) is 0 Å². The van der Waals surface area contributed by atoms with E-state index >= 15 is 0 Å². The highest BCUT2D eigenvalue weighted by Crippen LogP contribution is 2.25. The van der Waals surface area contributed by atoms with E-state index in [1.807, 2.05) is 0 Å². The summed E-state index contributed by atoms with van der Waals surface area (Å²) in [4.78, 5) is 44.8. The SMILES string of the molecule is CC(=O)OC1C=CC(OC(C)=O)C(OC(C)=O)C1OC(C)=O. The van der Waals surface area contributed by atoms with E-state index in [0.29, 0.717) is 0 Å². The van der Waals surface area contributed by atoms with Crippen LogP contribution >= 0.6 is 0 Å². The molecule has 4 unspecified atom stereocenters. The van der Waals surface area contributed by atoms with Crippen LogP contribution in [0.2, 0.25) is 0 Å². The van der Waals surface area contributed by atoms with Gasteiger partial charge in [0.2, 0.25) is 0 Å². The minimum Gasteiger partial charge on any atom is -0.454 e. The average molecular weight is 314 g/mol. The van der Waals surface area contributed by atoms with Gasteiger partial charge in [-0.05, 0) is 12.2 Å². The zero-order valence-electron chi connectivity index (χ0n) is 12.7. The van der Waals surface area contributed by atoms with Crippen LogP contribution in [0.15, 0.2) is 12.2 Å². The zero-order valence-corrected chi connectivity index (χ0v) is 12.7. The minimum absolute atomic E-state index is 0.598. The van der Waals surface area contributed by atoms with Gasteiger partial charge in [0.25, 0.3) is 0 Å². The molecule has 8 nitrogen and oxygen atoms in total. The van der Waals surface area contributed by atoms with Crippen molar-refractivity contribution in [2.75, 3.05) is 0 Å². The normalized spacial score (nSPS) is 26.7. The Morgan fingerprint density at radius 2 is 0.864 bits per heavy atom. The lowest BCUT2D eigenvalue weighted by atomic mass is 9.95. The molecule has 1 aliphatic carbocycles. The smallest absolute Gasteiger partial charge is 0.303 e. The second kappa shape index (κ2) is 7.58. The fraction of sp³-hybridized carbons (Fsp3) is 0.571. The maximum atomic E-state index is 11.3. The van der Waals surface area contributed by atoms with Crippen molar-refractivity contribution < 1.29 is 38.1 Å². The monoisotopic (exact) mass is 314 g/mol. The lowest BCUT2D eigenvalue weighted by molar-refractivity contribution is -0.193. The Hall–Kier alpha value is -2.38. The van der Waals surface area contributed by atoms with E-state index in [-0.39, 0.29) is 0 Å². The first kappa shape index (κ1) is 17.7. The molecular weight excluding hydrogens is 296 g/mol. The van der Waals surface area contributed by atoms with Crippen molar-refractivity contribution in [3.8, 4) is 0 Å². The second-order valence-electron chi connectivity index (χ2n) is 4.68. The van der Waals surface area contributed by atoms with Gasteiger partial charge in [0.1, 0.15) is 0 Å². The Labute approximate surface area is 127 Å². The van der Waals surface area contributed by atoms with Gasteiger partial charge < -0.3 is 18.9 Å². The predicted molar refractivity (Wildman–Crippen MR) is 71.4 cm³/mol. The quantitative estimate of drug-likeness (QED) is 0.414. The molecule has 22 heavy (non-hydrogen) atoms. The molecule has 0 heterocycles. The van der Waals surface area contributed by atoms with Crippen LogP contribution in [-0.2, 0) is 38.1 Å². The summed E-state index contributed by atoms with van der Waals surface area (Å²) >= 11 is 0. The maximum Gasteiger partial charge on any atom is 0.303 e. The summed E-state index contributed by atoms with van der Waals surface area (Å²) in [5.41, 5.74) is 0. The third-order valence-corrected chi connectivity index (χ3v) is 2.67. The molecule has 0 aromatic rings. The molecule has 0 aromatic carbocycles. The van der Waals surface area contributed by atoms with E-state index in [9.17, 15) is 19.2 Å². The van der Waals surface area contributed by atoms with E-state index in [1.54, 1.807) is 0 Å². The first-order valence-corrected chi connectivity index (χ1v) is 6.58. The number of esters is 4. The van der Waals surface area contributed by atoms with Gasteiger partial charge in [0.15, 0.2) is 24.4 Å². The first-order chi connectivity index (χ1) is 10.2. The Kier molecular flexibility index (Phi) is 6.09. The standard InChI is InChI=1S/C14H18O8/c1-7(15)19-11-5-6-12(20-8(2)16)14(22-10(4)18)13(11)21-9(3)17/h5-6,11-14H,1-4H3. The average Bonchev–Trinajstić information content (AvgIpc) is 2.34. The Morgan fingerprint density at radius 3 is 1.09 bits per heavy atom. The van der Waals surface area contributed by atoms with Crippen LogP contribution in [0.3, 0.4) is 0 Å². The van der Waals surface area contributed by atoms with E-state index < -0.39 is 48.3 Å². The van der Waals surface area contributed by atoms with Gasteiger partial charge in [0.05, 0.1) is 0 Å². The molecular formula is C14H18O8. The number of hydrogen-bond acceptors (Lipinski definition) is 8. The topological polar surface area (TPSA) is 105 Å². The lowest BCUT2D eigenvalue weighted by Gasteiger charge is -2.36. The predicted octanol–water partition coefficient (Wildman–Crippen LogP) is 0.283. The molecule has 0 saturated carbocycles. The third-order valence-electron chi connectivity index (χ3n) is 2.67. The van der Waals surface area contributed by atoms with E-state index in [1.165, 1.54) is 26.0 Å². The van der Waals surface area contributed by atoms with Gasteiger partial charge in [-0.2, -0.15) is 0 Å². The maximum absolute atomic E-state index is 11.3. The number of ether oxygens (including phenoxy) is 4. The number of carbonyl (C=O) groups excluding carboxylic acids is 4.